The van der Waals surface area contributed by atoms with Gasteiger partial charge in [-0.05, 0) is 12.1 Å². The zero-order valence-electron chi connectivity index (χ0n) is 7.05. The zero-order valence-corrected chi connectivity index (χ0v) is 8.84. The standard InChI is InChI=1S/C9H11NOS2/c12-6-10-9(11-7-13)8-4-2-1-3-5-8/h1-5,12-13H,6-7H2. The molecule has 0 saturated heterocycles. The summed E-state index contributed by atoms with van der Waals surface area (Å²) in [5.74, 6) is 1.32. The van der Waals surface area contributed by atoms with Crippen molar-refractivity contribution >= 4 is 31.2 Å². The van der Waals surface area contributed by atoms with E-state index in [-0.39, 0.29) is 0 Å². The Morgan fingerprint density at radius 3 is 2.46 bits per heavy atom. The lowest BCUT2D eigenvalue weighted by Gasteiger charge is -2.05. The van der Waals surface area contributed by atoms with E-state index in [1.807, 2.05) is 30.3 Å². The third-order valence-electron chi connectivity index (χ3n) is 1.44. The van der Waals surface area contributed by atoms with Gasteiger partial charge in [0.25, 0.3) is 0 Å². The minimum Gasteiger partial charge on any atom is -0.467 e. The molecule has 1 rings (SSSR count). The minimum atomic E-state index is 0.321. The molecule has 0 unspecified atom stereocenters. The van der Waals surface area contributed by atoms with E-state index < -0.39 is 0 Å². The first-order valence-corrected chi connectivity index (χ1v) is 5.09. The van der Waals surface area contributed by atoms with Crippen LogP contribution in [0.15, 0.2) is 35.3 Å². The summed E-state index contributed by atoms with van der Waals surface area (Å²) < 4.78 is 5.23. The van der Waals surface area contributed by atoms with Gasteiger partial charge in [-0.25, -0.2) is 4.99 Å². The van der Waals surface area contributed by atoms with Crippen molar-refractivity contribution in [1.29, 1.82) is 0 Å². The lowest BCUT2D eigenvalue weighted by Crippen LogP contribution is -2.05. The third-order valence-corrected chi connectivity index (χ3v) is 1.71. The fraction of sp³-hybridized carbons (Fsp3) is 0.222. The summed E-state index contributed by atoms with van der Waals surface area (Å²) in [6.07, 6.45) is 0. The number of nitrogens with zero attached hydrogens (tertiary/aromatic N) is 1. The Hall–Kier alpha value is -0.610. The maximum Gasteiger partial charge on any atom is 0.217 e. The lowest BCUT2D eigenvalue weighted by molar-refractivity contribution is 0.383. The second-order valence-corrected chi connectivity index (χ2v) is 2.79. The van der Waals surface area contributed by atoms with Crippen molar-refractivity contribution in [3.63, 3.8) is 0 Å². The highest BCUT2D eigenvalue weighted by Gasteiger charge is 2.01. The molecule has 0 aliphatic heterocycles. The van der Waals surface area contributed by atoms with Gasteiger partial charge in [-0.1, -0.05) is 18.2 Å². The van der Waals surface area contributed by atoms with Crippen LogP contribution in [0.1, 0.15) is 5.56 Å². The zero-order chi connectivity index (χ0) is 9.52. The van der Waals surface area contributed by atoms with Gasteiger partial charge in [0.05, 0.1) is 5.88 Å². The maximum atomic E-state index is 5.23. The van der Waals surface area contributed by atoms with Gasteiger partial charge >= 0.3 is 0 Å². The Labute approximate surface area is 88.8 Å². The van der Waals surface area contributed by atoms with E-state index in [0.29, 0.717) is 17.7 Å². The second-order valence-electron chi connectivity index (χ2n) is 2.24. The maximum absolute atomic E-state index is 5.23. The number of ether oxygens (including phenoxy) is 1. The summed E-state index contributed by atoms with van der Waals surface area (Å²) in [5, 5.41) is 0. The van der Waals surface area contributed by atoms with E-state index in [2.05, 4.69) is 30.2 Å². The smallest absolute Gasteiger partial charge is 0.217 e. The molecule has 0 bridgehead atoms. The van der Waals surface area contributed by atoms with Crippen LogP contribution in [0.25, 0.3) is 0 Å². The van der Waals surface area contributed by atoms with Crippen LogP contribution in [-0.4, -0.2) is 17.7 Å². The molecule has 70 valence electrons. The second kappa shape index (κ2) is 5.94. The molecule has 0 aliphatic rings. The van der Waals surface area contributed by atoms with Crippen molar-refractivity contribution < 1.29 is 4.74 Å². The first-order chi connectivity index (χ1) is 6.38. The van der Waals surface area contributed by atoms with E-state index in [9.17, 15) is 0 Å². The summed E-state index contributed by atoms with van der Waals surface area (Å²) in [6.45, 7) is 0. The van der Waals surface area contributed by atoms with Crippen molar-refractivity contribution in [3.8, 4) is 0 Å². The first-order valence-electron chi connectivity index (χ1n) is 3.83. The molecule has 0 amide bonds. The van der Waals surface area contributed by atoms with Gasteiger partial charge in [0.2, 0.25) is 5.90 Å². The average Bonchev–Trinajstić information content (AvgIpc) is 2.19. The van der Waals surface area contributed by atoms with E-state index in [1.54, 1.807) is 0 Å². The lowest BCUT2D eigenvalue weighted by atomic mass is 10.2. The number of hydrogen-bond donors (Lipinski definition) is 2. The SMILES string of the molecule is SCN=C(OCS)c1ccccc1. The molecule has 0 spiro atoms. The number of benzene rings is 1. The number of aliphatic imine (C=N–C) groups is 1. The summed E-state index contributed by atoms with van der Waals surface area (Å²) in [5.41, 5.74) is 0.950. The molecular formula is C9H11NOS2. The Bertz CT molecular complexity index is 274. The van der Waals surface area contributed by atoms with Gasteiger partial charge in [-0.15, -0.1) is 12.6 Å². The number of rotatable bonds is 3. The topological polar surface area (TPSA) is 21.6 Å². The molecule has 0 atom stereocenters. The highest BCUT2D eigenvalue weighted by molar-refractivity contribution is 7.80. The van der Waals surface area contributed by atoms with Gasteiger partial charge in [0.1, 0.15) is 5.94 Å². The Morgan fingerprint density at radius 2 is 1.92 bits per heavy atom. The van der Waals surface area contributed by atoms with Crippen molar-refractivity contribution in [1.82, 2.24) is 0 Å². The number of hydrogen-bond acceptors (Lipinski definition) is 4. The highest BCUT2D eigenvalue weighted by atomic mass is 32.1. The molecule has 1 aromatic rings. The summed E-state index contributed by atoms with van der Waals surface area (Å²) >= 11 is 7.99. The minimum absolute atomic E-state index is 0.321. The first kappa shape index (κ1) is 10.5. The van der Waals surface area contributed by atoms with Gasteiger partial charge in [0, 0.05) is 5.56 Å². The van der Waals surface area contributed by atoms with Crippen LogP contribution < -0.4 is 0 Å². The van der Waals surface area contributed by atoms with Gasteiger partial charge in [-0.2, -0.15) is 12.6 Å². The molecular weight excluding hydrogens is 202 g/mol. The molecule has 0 N–H and O–H groups in total. The van der Waals surface area contributed by atoms with Crippen molar-refractivity contribution in [2.75, 3.05) is 11.8 Å². The van der Waals surface area contributed by atoms with E-state index in [1.165, 1.54) is 0 Å². The van der Waals surface area contributed by atoms with Gasteiger partial charge in [0.15, 0.2) is 0 Å². The quantitative estimate of drug-likeness (QED) is 0.342. The largest absolute Gasteiger partial charge is 0.467 e. The van der Waals surface area contributed by atoms with Crippen LogP contribution in [0.4, 0.5) is 0 Å². The molecule has 0 fully saturated rings. The molecule has 0 saturated carbocycles. The van der Waals surface area contributed by atoms with E-state index in [4.69, 9.17) is 4.74 Å². The molecule has 13 heavy (non-hydrogen) atoms. The Balaban J connectivity index is 2.83. The van der Waals surface area contributed by atoms with E-state index >= 15 is 0 Å². The van der Waals surface area contributed by atoms with Crippen molar-refractivity contribution in [3.05, 3.63) is 35.9 Å². The summed E-state index contributed by atoms with van der Waals surface area (Å²) in [6, 6.07) is 9.69. The van der Waals surface area contributed by atoms with Crippen LogP contribution in [0.2, 0.25) is 0 Å². The van der Waals surface area contributed by atoms with Crippen LogP contribution in [0.3, 0.4) is 0 Å². The predicted octanol–water partition coefficient (Wildman–Crippen LogP) is 2.22. The predicted molar refractivity (Wildman–Crippen MR) is 61.8 cm³/mol. The van der Waals surface area contributed by atoms with Crippen molar-refractivity contribution in [2.45, 2.75) is 0 Å². The molecule has 2 nitrogen and oxygen atoms in total. The molecule has 1 aromatic carbocycles. The third kappa shape index (κ3) is 3.32. The molecule has 0 aromatic heterocycles. The van der Waals surface area contributed by atoms with Crippen LogP contribution in [-0.2, 0) is 4.74 Å². The normalized spacial score (nSPS) is 11.4. The summed E-state index contributed by atoms with van der Waals surface area (Å²) in [7, 11) is 0. The van der Waals surface area contributed by atoms with Gasteiger partial charge in [-0.3, -0.25) is 0 Å². The molecule has 0 heterocycles. The van der Waals surface area contributed by atoms with Crippen molar-refractivity contribution in [2.24, 2.45) is 4.99 Å². The fourth-order valence-corrected chi connectivity index (χ4v) is 1.18. The van der Waals surface area contributed by atoms with Crippen LogP contribution >= 0.6 is 25.3 Å². The molecule has 0 aliphatic carbocycles. The molecule has 4 heteroatoms. The average molecular weight is 213 g/mol. The monoisotopic (exact) mass is 213 g/mol. The highest BCUT2D eigenvalue weighted by Crippen LogP contribution is 2.03. The van der Waals surface area contributed by atoms with Crippen LogP contribution in [0, 0.1) is 0 Å². The Kier molecular flexibility index (Phi) is 4.78. The molecule has 0 radical (unpaired) electrons. The summed E-state index contributed by atoms with van der Waals surface area (Å²) in [4.78, 5) is 4.09. The van der Waals surface area contributed by atoms with Crippen LogP contribution in [0.5, 0.6) is 0 Å². The Morgan fingerprint density at radius 1 is 1.23 bits per heavy atom. The number of thiol groups is 2. The van der Waals surface area contributed by atoms with Gasteiger partial charge < -0.3 is 4.74 Å². The fourth-order valence-electron chi connectivity index (χ4n) is 0.926. The van der Waals surface area contributed by atoms with E-state index in [0.717, 1.165) is 5.56 Å².